The van der Waals surface area contributed by atoms with Crippen LogP contribution in [0.3, 0.4) is 0 Å². The van der Waals surface area contributed by atoms with E-state index in [1.165, 1.54) is 11.0 Å². The summed E-state index contributed by atoms with van der Waals surface area (Å²) < 4.78 is 12.8. The van der Waals surface area contributed by atoms with Crippen molar-refractivity contribution in [3.05, 3.63) is 94.4 Å². The Morgan fingerprint density at radius 3 is 2.71 bits per heavy atom. The zero-order valence-corrected chi connectivity index (χ0v) is 24.3. The number of aliphatic hydroxyl groups is 1. The normalized spacial score (nSPS) is 16.3. The van der Waals surface area contributed by atoms with Gasteiger partial charge in [-0.2, -0.15) is 0 Å². The number of carbonyl (C=O) groups excluding carboxylic acids is 3. The number of thiazole rings is 1. The molecule has 11 heteroatoms. The molecule has 3 aromatic heterocycles. The zero-order chi connectivity index (χ0) is 30.0. The number of nitrogens with zero attached hydrogens (tertiary/aromatic N) is 4. The summed E-state index contributed by atoms with van der Waals surface area (Å²) in [7, 11) is 0. The van der Waals surface area contributed by atoms with Gasteiger partial charge in [-0.3, -0.25) is 18.9 Å². The van der Waals surface area contributed by atoms with Crippen molar-refractivity contribution >= 4 is 45.5 Å². The van der Waals surface area contributed by atoms with Gasteiger partial charge in [0.05, 0.1) is 29.6 Å². The molecule has 0 saturated carbocycles. The van der Waals surface area contributed by atoms with E-state index in [4.69, 9.17) is 9.47 Å². The molecule has 10 nitrogen and oxygen atoms in total. The lowest BCUT2D eigenvalue weighted by Gasteiger charge is -2.23. The summed E-state index contributed by atoms with van der Waals surface area (Å²) in [5.41, 5.74) is 2.11. The molecule has 1 fully saturated rings. The number of Topliss-reactive ketones (excluding diaryl/α,β-unsaturated/α-hetero) is 1. The number of carbonyl (C=O) groups is 3. The second-order valence-corrected chi connectivity index (χ2v) is 10.7. The number of aryl methyl sites for hydroxylation is 2. The largest absolute Gasteiger partial charge is 0.505 e. The van der Waals surface area contributed by atoms with Gasteiger partial charge in [-0.25, -0.2) is 14.8 Å². The van der Waals surface area contributed by atoms with Crippen LogP contribution in [0.1, 0.15) is 58.1 Å². The van der Waals surface area contributed by atoms with Crippen molar-refractivity contribution in [1.82, 2.24) is 14.4 Å². The highest BCUT2D eigenvalue weighted by molar-refractivity contribution is 7.17. The summed E-state index contributed by atoms with van der Waals surface area (Å²) in [6.07, 6.45) is 4.99. The number of aliphatic hydroxyl groups excluding tert-OH is 1. The number of amides is 1. The van der Waals surface area contributed by atoms with Gasteiger partial charge in [0.15, 0.2) is 10.9 Å². The van der Waals surface area contributed by atoms with Crippen molar-refractivity contribution < 1.29 is 29.0 Å². The standard InChI is InChI=1S/C31H30N4O6S/c1-5-7-16-40-21-12-10-11-20(17-21)25-23(26(36)24-18(3)32-22-13-8-9-14-34(22)24)27(37)29(38)35(25)31-33-19(4)28(42-31)30(39)41-15-6-2/h6,8-14,17,25,36H,2,5,7,15-16H2,1,3-4H3. The lowest BCUT2D eigenvalue weighted by atomic mass is 9.96. The number of imidazole rings is 1. The smallest absolute Gasteiger partial charge is 0.350 e. The third kappa shape index (κ3) is 5.18. The lowest BCUT2D eigenvalue weighted by Crippen LogP contribution is -2.29. The van der Waals surface area contributed by atoms with Crippen LogP contribution < -0.4 is 9.64 Å². The summed E-state index contributed by atoms with van der Waals surface area (Å²) in [6, 6.07) is 11.4. The summed E-state index contributed by atoms with van der Waals surface area (Å²) in [6.45, 7) is 9.48. The minimum atomic E-state index is -1.06. The van der Waals surface area contributed by atoms with E-state index < -0.39 is 23.7 Å². The fourth-order valence-electron chi connectivity index (χ4n) is 4.86. The topological polar surface area (TPSA) is 123 Å². The molecule has 1 unspecified atom stereocenters. The third-order valence-electron chi connectivity index (χ3n) is 6.82. The Kier molecular flexibility index (Phi) is 8.21. The SMILES string of the molecule is C=CCOC(=O)c1sc(N2C(=O)C(=O)C(=C(O)c3c(C)nc4ccccn34)C2c2cccc(OCCCC)c2)nc1C. The Hall–Kier alpha value is -4.77. The van der Waals surface area contributed by atoms with Crippen LogP contribution in [0, 0.1) is 13.8 Å². The van der Waals surface area contributed by atoms with Crippen LogP contribution in [0.5, 0.6) is 5.75 Å². The number of pyridine rings is 1. The average Bonchev–Trinajstić information content (AvgIpc) is 3.61. The minimum Gasteiger partial charge on any atom is -0.505 e. The van der Waals surface area contributed by atoms with Crippen molar-refractivity contribution in [3.63, 3.8) is 0 Å². The maximum Gasteiger partial charge on any atom is 0.350 e. The Labute approximate surface area is 246 Å². The summed E-state index contributed by atoms with van der Waals surface area (Å²) >= 11 is 0.937. The quantitative estimate of drug-likeness (QED) is 0.0640. The number of fused-ring (bicyclic) bond motifs is 1. The van der Waals surface area contributed by atoms with E-state index in [2.05, 4.69) is 23.5 Å². The molecule has 1 aliphatic heterocycles. The van der Waals surface area contributed by atoms with Gasteiger partial charge >= 0.3 is 11.9 Å². The molecule has 0 spiro atoms. The number of ketones is 1. The molecular weight excluding hydrogens is 556 g/mol. The maximum atomic E-state index is 13.7. The van der Waals surface area contributed by atoms with Crippen LogP contribution in [0.25, 0.3) is 11.4 Å². The number of benzene rings is 1. The minimum absolute atomic E-state index is 0.0134. The van der Waals surface area contributed by atoms with Crippen molar-refractivity contribution in [2.45, 2.75) is 39.7 Å². The van der Waals surface area contributed by atoms with Gasteiger partial charge in [-0.1, -0.05) is 55.5 Å². The van der Waals surface area contributed by atoms with Crippen LogP contribution in [0.15, 0.2) is 66.9 Å². The predicted molar refractivity (Wildman–Crippen MR) is 159 cm³/mol. The van der Waals surface area contributed by atoms with E-state index in [0.717, 1.165) is 24.2 Å². The number of ether oxygens (including phenoxy) is 2. The Balaban J connectivity index is 1.69. The van der Waals surface area contributed by atoms with Gasteiger partial charge in [-0.15, -0.1) is 0 Å². The third-order valence-corrected chi connectivity index (χ3v) is 7.96. The first-order valence-electron chi connectivity index (χ1n) is 13.5. The van der Waals surface area contributed by atoms with E-state index in [0.29, 0.717) is 40.6 Å². The number of anilines is 1. The molecule has 1 aliphatic rings. The molecule has 216 valence electrons. The molecule has 4 heterocycles. The Morgan fingerprint density at radius 1 is 1.14 bits per heavy atom. The van der Waals surface area contributed by atoms with E-state index in [1.54, 1.807) is 60.8 Å². The van der Waals surface area contributed by atoms with Crippen LogP contribution in [-0.2, 0) is 14.3 Å². The fourth-order valence-corrected chi connectivity index (χ4v) is 5.84. The second kappa shape index (κ2) is 12.0. The first-order chi connectivity index (χ1) is 20.3. The summed E-state index contributed by atoms with van der Waals surface area (Å²) in [4.78, 5) is 50.5. The Bertz CT molecular complexity index is 1740. The van der Waals surface area contributed by atoms with Gasteiger partial charge in [0, 0.05) is 6.20 Å². The number of hydrogen-bond acceptors (Lipinski definition) is 9. The van der Waals surface area contributed by atoms with Gasteiger partial charge in [0.2, 0.25) is 0 Å². The molecule has 1 amide bonds. The highest BCUT2D eigenvalue weighted by Gasteiger charge is 2.49. The number of esters is 1. The first kappa shape index (κ1) is 28.7. The van der Waals surface area contributed by atoms with Crippen molar-refractivity contribution in [1.29, 1.82) is 0 Å². The molecule has 1 saturated heterocycles. The van der Waals surface area contributed by atoms with Crippen LogP contribution in [0.2, 0.25) is 0 Å². The van der Waals surface area contributed by atoms with E-state index in [-0.39, 0.29) is 27.9 Å². The number of aromatic nitrogens is 3. The average molecular weight is 587 g/mol. The maximum absolute atomic E-state index is 13.7. The highest BCUT2D eigenvalue weighted by atomic mass is 32.1. The number of unbranched alkanes of at least 4 members (excludes halogenated alkanes) is 1. The second-order valence-electron chi connectivity index (χ2n) is 9.72. The van der Waals surface area contributed by atoms with Gasteiger partial charge in [-0.05, 0) is 50.1 Å². The first-order valence-corrected chi connectivity index (χ1v) is 14.3. The monoisotopic (exact) mass is 586 g/mol. The molecule has 1 atom stereocenters. The van der Waals surface area contributed by atoms with Gasteiger partial charge in [0.25, 0.3) is 5.78 Å². The van der Waals surface area contributed by atoms with Crippen molar-refractivity contribution in [2.24, 2.45) is 0 Å². The molecular formula is C31H30N4O6S. The van der Waals surface area contributed by atoms with Crippen LogP contribution >= 0.6 is 11.3 Å². The van der Waals surface area contributed by atoms with Crippen molar-refractivity contribution in [3.8, 4) is 5.75 Å². The molecule has 0 aliphatic carbocycles. The van der Waals surface area contributed by atoms with Gasteiger partial charge in [0.1, 0.15) is 28.6 Å². The van der Waals surface area contributed by atoms with E-state index in [1.807, 2.05) is 6.07 Å². The van der Waals surface area contributed by atoms with E-state index >= 15 is 0 Å². The van der Waals surface area contributed by atoms with Gasteiger partial charge < -0.3 is 14.6 Å². The number of rotatable bonds is 10. The lowest BCUT2D eigenvalue weighted by molar-refractivity contribution is -0.132. The summed E-state index contributed by atoms with van der Waals surface area (Å²) in [5.74, 6) is -2.19. The predicted octanol–water partition coefficient (Wildman–Crippen LogP) is 5.56. The molecule has 0 bridgehead atoms. The summed E-state index contributed by atoms with van der Waals surface area (Å²) in [5, 5.41) is 11.9. The molecule has 4 aromatic rings. The van der Waals surface area contributed by atoms with Crippen LogP contribution in [-0.4, -0.2) is 50.3 Å². The fraction of sp³-hybridized carbons (Fsp3) is 0.258. The molecule has 0 radical (unpaired) electrons. The molecule has 1 N–H and O–H groups in total. The number of hydrogen-bond donors (Lipinski definition) is 1. The molecule has 1 aromatic carbocycles. The Morgan fingerprint density at radius 2 is 1.95 bits per heavy atom. The zero-order valence-electron chi connectivity index (χ0n) is 23.5. The molecule has 5 rings (SSSR count). The van der Waals surface area contributed by atoms with E-state index in [9.17, 15) is 19.5 Å². The highest BCUT2D eigenvalue weighted by Crippen LogP contribution is 2.44. The van der Waals surface area contributed by atoms with Crippen LogP contribution in [0.4, 0.5) is 5.13 Å². The van der Waals surface area contributed by atoms with Crippen molar-refractivity contribution in [2.75, 3.05) is 18.1 Å². The molecule has 42 heavy (non-hydrogen) atoms.